The molecule has 1 amide bonds. The number of aryl methyl sites for hydroxylation is 2. The fourth-order valence-corrected chi connectivity index (χ4v) is 5.20. The van der Waals surface area contributed by atoms with Crippen LogP contribution < -0.4 is 0 Å². The Hall–Kier alpha value is -1.07. The predicted molar refractivity (Wildman–Crippen MR) is 98.7 cm³/mol. The zero-order valence-electron chi connectivity index (χ0n) is 14.4. The summed E-state index contributed by atoms with van der Waals surface area (Å²) in [6.07, 6.45) is 8.66. The van der Waals surface area contributed by atoms with Crippen LogP contribution >= 0.6 is 11.8 Å². The number of pyridine rings is 1. The van der Waals surface area contributed by atoms with Crippen LogP contribution in [0.4, 0.5) is 0 Å². The summed E-state index contributed by atoms with van der Waals surface area (Å²) in [5.74, 6) is 2.71. The lowest BCUT2D eigenvalue weighted by Crippen LogP contribution is -2.49. The lowest BCUT2D eigenvalue weighted by atomic mass is 9.94. The molecule has 1 aliphatic carbocycles. The van der Waals surface area contributed by atoms with Crippen molar-refractivity contribution in [3.8, 4) is 0 Å². The Balaban J connectivity index is 1.37. The van der Waals surface area contributed by atoms with E-state index >= 15 is 0 Å². The molecule has 3 aliphatic rings. The lowest BCUT2D eigenvalue weighted by molar-refractivity contribution is 0.0630. The summed E-state index contributed by atoms with van der Waals surface area (Å²) in [7, 11) is 0. The lowest BCUT2D eigenvalue weighted by Gasteiger charge is -2.40. The summed E-state index contributed by atoms with van der Waals surface area (Å²) in [5, 5.41) is 0. The molecule has 0 N–H and O–H groups in total. The maximum absolute atomic E-state index is 12.8. The van der Waals surface area contributed by atoms with E-state index in [0.29, 0.717) is 6.04 Å². The third kappa shape index (κ3) is 3.47. The van der Waals surface area contributed by atoms with Gasteiger partial charge in [0.1, 0.15) is 0 Å². The van der Waals surface area contributed by atoms with Crippen LogP contribution in [0.15, 0.2) is 12.3 Å². The second-order valence-corrected chi connectivity index (χ2v) is 8.43. The highest BCUT2D eigenvalue weighted by Gasteiger charge is 2.28. The van der Waals surface area contributed by atoms with Crippen molar-refractivity contribution in [1.29, 1.82) is 0 Å². The number of carbonyl (C=O) groups is 1. The molecular formula is C19H27N3OS. The van der Waals surface area contributed by atoms with Gasteiger partial charge in [-0.15, -0.1) is 0 Å². The number of piperidine rings is 1. The molecule has 4 nitrogen and oxygen atoms in total. The number of amides is 1. The standard InChI is InChI=1S/C19H27N3OS/c23-19(16-13-15-3-1-2-4-18(15)20-14-16)22-7-5-17(6-8-22)21-9-11-24-12-10-21/h13-14,17H,1-12H2. The van der Waals surface area contributed by atoms with Gasteiger partial charge in [-0.25, -0.2) is 0 Å². The second-order valence-electron chi connectivity index (χ2n) is 7.21. The predicted octanol–water partition coefficient (Wildman–Crippen LogP) is 2.61. The maximum Gasteiger partial charge on any atom is 0.255 e. The molecule has 3 heterocycles. The number of nitrogens with zero attached hydrogens (tertiary/aromatic N) is 3. The number of rotatable bonds is 2. The van der Waals surface area contributed by atoms with E-state index in [2.05, 4.69) is 27.7 Å². The zero-order valence-corrected chi connectivity index (χ0v) is 15.2. The first-order chi connectivity index (χ1) is 11.8. The van der Waals surface area contributed by atoms with Crippen LogP contribution in [-0.4, -0.2) is 64.4 Å². The van der Waals surface area contributed by atoms with Crippen LogP contribution in [0, 0.1) is 0 Å². The van der Waals surface area contributed by atoms with Gasteiger partial charge in [-0.1, -0.05) is 0 Å². The summed E-state index contributed by atoms with van der Waals surface area (Å²) in [4.78, 5) is 22.1. The summed E-state index contributed by atoms with van der Waals surface area (Å²) in [5.41, 5.74) is 3.30. The van der Waals surface area contributed by atoms with E-state index in [-0.39, 0.29) is 5.91 Å². The van der Waals surface area contributed by atoms with Crippen LogP contribution in [0.5, 0.6) is 0 Å². The fourth-order valence-electron chi connectivity index (χ4n) is 4.26. The van der Waals surface area contributed by atoms with Crippen molar-refractivity contribution in [2.24, 2.45) is 0 Å². The van der Waals surface area contributed by atoms with Crippen LogP contribution in [0.3, 0.4) is 0 Å². The minimum absolute atomic E-state index is 0.184. The van der Waals surface area contributed by atoms with Crippen LogP contribution in [-0.2, 0) is 12.8 Å². The molecular weight excluding hydrogens is 318 g/mol. The molecule has 1 aromatic heterocycles. The Morgan fingerprint density at radius 2 is 1.83 bits per heavy atom. The van der Waals surface area contributed by atoms with Crippen LogP contribution in [0.2, 0.25) is 0 Å². The number of thioether (sulfide) groups is 1. The van der Waals surface area contributed by atoms with Gasteiger partial charge >= 0.3 is 0 Å². The van der Waals surface area contributed by atoms with Gasteiger partial charge in [0.15, 0.2) is 0 Å². The molecule has 0 bridgehead atoms. The highest BCUT2D eigenvalue weighted by molar-refractivity contribution is 7.99. The zero-order chi connectivity index (χ0) is 16.4. The molecule has 0 radical (unpaired) electrons. The van der Waals surface area contributed by atoms with Gasteiger partial charge in [-0.2, -0.15) is 11.8 Å². The van der Waals surface area contributed by atoms with Gasteiger partial charge in [0, 0.05) is 55.6 Å². The van der Waals surface area contributed by atoms with Gasteiger partial charge in [0.2, 0.25) is 0 Å². The van der Waals surface area contributed by atoms with Gasteiger partial charge < -0.3 is 4.90 Å². The Kier molecular flexibility index (Phi) is 5.09. The van der Waals surface area contributed by atoms with E-state index in [1.165, 1.54) is 48.7 Å². The minimum atomic E-state index is 0.184. The Labute approximate surface area is 149 Å². The van der Waals surface area contributed by atoms with Crippen LogP contribution in [0.1, 0.15) is 47.3 Å². The van der Waals surface area contributed by atoms with Crippen molar-refractivity contribution in [1.82, 2.24) is 14.8 Å². The third-order valence-corrected chi connectivity index (χ3v) is 6.67. The summed E-state index contributed by atoms with van der Waals surface area (Å²) < 4.78 is 0. The average molecular weight is 346 g/mol. The SMILES string of the molecule is O=C(c1cnc2c(c1)CCCC2)N1CCC(N2CCSCC2)CC1. The quantitative estimate of drug-likeness (QED) is 0.826. The van der Waals surface area contributed by atoms with Gasteiger partial charge in [-0.3, -0.25) is 14.7 Å². The first-order valence-corrected chi connectivity index (χ1v) is 10.6. The monoisotopic (exact) mass is 345 g/mol. The molecule has 2 fully saturated rings. The van der Waals surface area contributed by atoms with Gasteiger partial charge in [0.25, 0.3) is 5.91 Å². The summed E-state index contributed by atoms with van der Waals surface area (Å²) in [6, 6.07) is 2.79. The largest absolute Gasteiger partial charge is 0.338 e. The summed E-state index contributed by atoms with van der Waals surface area (Å²) in [6.45, 7) is 4.23. The van der Waals surface area contributed by atoms with E-state index < -0.39 is 0 Å². The van der Waals surface area contributed by atoms with E-state index in [1.54, 1.807) is 6.20 Å². The normalized spacial score (nSPS) is 23.1. The first kappa shape index (κ1) is 16.4. The first-order valence-electron chi connectivity index (χ1n) is 9.40. The molecule has 0 unspecified atom stereocenters. The maximum atomic E-state index is 12.8. The molecule has 0 spiro atoms. The highest BCUT2D eigenvalue weighted by atomic mass is 32.2. The Morgan fingerprint density at radius 1 is 1.08 bits per heavy atom. The Morgan fingerprint density at radius 3 is 2.62 bits per heavy atom. The van der Waals surface area contributed by atoms with Crippen molar-refractivity contribution in [2.75, 3.05) is 37.7 Å². The smallest absolute Gasteiger partial charge is 0.255 e. The molecule has 0 saturated carbocycles. The fraction of sp³-hybridized carbons (Fsp3) is 0.684. The molecule has 0 aromatic carbocycles. The Bertz CT molecular complexity index is 592. The minimum Gasteiger partial charge on any atom is -0.338 e. The van der Waals surface area contributed by atoms with E-state index in [1.807, 2.05) is 4.90 Å². The van der Waals surface area contributed by atoms with Crippen molar-refractivity contribution in [2.45, 2.75) is 44.6 Å². The second kappa shape index (κ2) is 7.44. The molecule has 0 atom stereocenters. The van der Waals surface area contributed by atoms with E-state index in [9.17, 15) is 4.79 Å². The number of hydrogen-bond donors (Lipinski definition) is 0. The van der Waals surface area contributed by atoms with Gasteiger partial charge in [0.05, 0.1) is 5.56 Å². The molecule has 2 saturated heterocycles. The molecule has 2 aliphatic heterocycles. The third-order valence-electron chi connectivity index (χ3n) is 5.73. The summed E-state index contributed by atoms with van der Waals surface area (Å²) >= 11 is 2.06. The van der Waals surface area contributed by atoms with Crippen molar-refractivity contribution in [3.05, 3.63) is 29.1 Å². The van der Waals surface area contributed by atoms with Gasteiger partial charge in [-0.05, 0) is 50.2 Å². The van der Waals surface area contributed by atoms with E-state index in [4.69, 9.17) is 0 Å². The molecule has 130 valence electrons. The van der Waals surface area contributed by atoms with E-state index in [0.717, 1.165) is 44.3 Å². The molecule has 1 aromatic rings. The molecule has 4 rings (SSSR count). The number of fused-ring (bicyclic) bond motifs is 1. The topological polar surface area (TPSA) is 36.4 Å². The van der Waals surface area contributed by atoms with Crippen LogP contribution in [0.25, 0.3) is 0 Å². The highest BCUT2D eigenvalue weighted by Crippen LogP contribution is 2.23. The van der Waals surface area contributed by atoms with Crippen molar-refractivity contribution >= 4 is 17.7 Å². The molecule has 24 heavy (non-hydrogen) atoms. The van der Waals surface area contributed by atoms with Crippen molar-refractivity contribution < 1.29 is 4.79 Å². The van der Waals surface area contributed by atoms with Crippen molar-refractivity contribution in [3.63, 3.8) is 0 Å². The number of aromatic nitrogens is 1. The number of hydrogen-bond acceptors (Lipinski definition) is 4. The molecule has 5 heteroatoms. The number of likely N-dealkylation sites (tertiary alicyclic amines) is 1. The average Bonchev–Trinajstić information content (AvgIpc) is 2.68. The number of carbonyl (C=O) groups excluding carboxylic acids is 1.